The van der Waals surface area contributed by atoms with Crippen LogP contribution in [0.4, 0.5) is 4.79 Å². The molecule has 2 amide bonds. The Bertz CT molecular complexity index is 635. The van der Waals surface area contributed by atoms with E-state index in [0.29, 0.717) is 13.1 Å². The normalized spacial score (nSPS) is 12.6. The minimum absolute atomic E-state index is 0.0155. The maximum Gasteiger partial charge on any atom is 0.317 e. The fraction of sp³-hybridized carbons (Fsp3) is 0.500. The summed E-state index contributed by atoms with van der Waals surface area (Å²) in [5.41, 5.74) is 2.38. The van der Waals surface area contributed by atoms with Crippen molar-refractivity contribution in [3.05, 3.63) is 36.0 Å². The van der Waals surface area contributed by atoms with E-state index >= 15 is 0 Å². The molecule has 0 aliphatic rings. The van der Waals surface area contributed by atoms with Crippen LogP contribution in [0.3, 0.4) is 0 Å². The number of hydrogen-bond acceptors (Lipinski definition) is 2. The van der Waals surface area contributed by atoms with Gasteiger partial charge in [-0.2, -0.15) is 0 Å². The number of rotatable bonds is 7. The molecule has 23 heavy (non-hydrogen) atoms. The molecule has 1 aromatic carbocycles. The molecule has 1 unspecified atom stereocenters. The van der Waals surface area contributed by atoms with Gasteiger partial charge in [0.2, 0.25) is 0 Å². The summed E-state index contributed by atoms with van der Waals surface area (Å²) in [6, 6.07) is 8.46. The minimum Gasteiger partial charge on any atom is -0.361 e. The molecule has 2 N–H and O–H groups in total. The van der Waals surface area contributed by atoms with E-state index in [1.807, 2.05) is 44.2 Å². The van der Waals surface area contributed by atoms with Crippen LogP contribution in [0.1, 0.15) is 19.4 Å². The molecule has 2 rings (SSSR count). The number of hydrogen-bond donors (Lipinski definition) is 2. The van der Waals surface area contributed by atoms with E-state index in [9.17, 15) is 4.79 Å². The van der Waals surface area contributed by atoms with Gasteiger partial charge in [0.15, 0.2) is 0 Å². The van der Waals surface area contributed by atoms with Gasteiger partial charge in [-0.1, -0.05) is 18.2 Å². The fourth-order valence-electron chi connectivity index (χ4n) is 3.03. The number of aromatic nitrogens is 1. The number of nitrogens with zero attached hydrogens (tertiary/aromatic N) is 2. The number of amides is 2. The van der Waals surface area contributed by atoms with Crippen molar-refractivity contribution >= 4 is 16.9 Å². The predicted molar refractivity (Wildman–Crippen MR) is 95.8 cm³/mol. The highest BCUT2D eigenvalue weighted by Crippen LogP contribution is 2.17. The van der Waals surface area contributed by atoms with Gasteiger partial charge in [-0.3, -0.25) is 0 Å². The second-order valence-electron chi connectivity index (χ2n) is 6.24. The number of H-pyrrole nitrogens is 1. The van der Waals surface area contributed by atoms with Crippen molar-refractivity contribution in [1.29, 1.82) is 0 Å². The van der Waals surface area contributed by atoms with Gasteiger partial charge in [0.25, 0.3) is 0 Å². The molecule has 0 fully saturated rings. The third-order valence-corrected chi connectivity index (χ3v) is 4.11. The lowest BCUT2D eigenvalue weighted by molar-refractivity contribution is 0.169. The first-order valence-corrected chi connectivity index (χ1v) is 8.27. The molecule has 1 atom stereocenters. The Hall–Kier alpha value is -2.01. The number of aromatic amines is 1. The second-order valence-corrected chi connectivity index (χ2v) is 6.24. The number of carbonyl (C=O) groups excluding carboxylic acids is 1. The van der Waals surface area contributed by atoms with Gasteiger partial charge < -0.3 is 20.1 Å². The molecule has 0 saturated carbocycles. The van der Waals surface area contributed by atoms with Gasteiger partial charge in [-0.15, -0.1) is 0 Å². The third-order valence-electron chi connectivity index (χ3n) is 4.11. The van der Waals surface area contributed by atoms with E-state index in [0.717, 1.165) is 18.5 Å². The van der Waals surface area contributed by atoms with E-state index in [-0.39, 0.29) is 12.1 Å². The van der Waals surface area contributed by atoms with Gasteiger partial charge in [-0.05, 0) is 46.0 Å². The number of nitrogens with one attached hydrogen (secondary N) is 2. The quantitative estimate of drug-likeness (QED) is 0.825. The monoisotopic (exact) mass is 316 g/mol. The van der Waals surface area contributed by atoms with Gasteiger partial charge in [-0.25, -0.2) is 4.79 Å². The third kappa shape index (κ3) is 4.48. The number of carbonyl (C=O) groups is 1. The molecule has 0 bridgehead atoms. The molecular formula is C18H28N4O. The summed E-state index contributed by atoms with van der Waals surface area (Å²) < 4.78 is 0. The lowest BCUT2D eigenvalue weighted by Crippen LogP contribution is -2.48. The number of urea groups is 1. The van der Waals surface area contributed by atoms with Crippen molar-refractivity contribution < 1.29 is 4.79 Å². The number of benzene rings is 1. The molecule has 0 spiro atoms. The van der Waals surface area contributed by atoms with E-state index in [1.54, 1.807) is 0 Å². The molecule has 0 saturated heterocycles. The molecule has 1 aromatic heterocycles. The summed E-state index contributed by atoms with van der Waals surface area (Å²) in [6.07, 6.45) is 2.86. The van der Waals surface area contributed by atoms with Crippen molar-refractivity contribution in [2.45, 2.75) is 26.3 Å². The maximum atomic E-state index is 12.4. The molecule has 1 heterocycles. The van der Waals surface area contributed by atoms with Gasteiger partial charge >= 0.3 is 6.03 Å². The van der Waals surface area contributed by atoms with Crippen molar-refractivity contribution in [3.8, 4) is 0 Å². The van der Waals surface area contributed by atoms with Crippen LogP contribution in [0, 0.1) is 0 Å². The van der Waals surface area contributed by atoms with Gasteiger partial charge in [0.05, 0.1) is 0 Å². The number of para-hydroxylation sites is 1. The van der Waals surface area contributed by atoms with Gasteiger partial charge in [0, 0.05) is 42.8 Å². The van der Waals surface area contributed by atoms with E-state index in [2.05, 4.69) is 34.3 Å². The van der Waals surface area contributed by atoms with Crippen LogP contribution >= 0.6 is 0 Å². The molecule has 2 aromatic rings. The molecule has 0 radical (unpaired) electrons. The first kappa shape index (κ1) is 17.3. The first-order valence-electron chi connectivity index (χ1n) is 8.27. The molecule has 0 aliphatic heterocycles. The van der Waals surface area contributed by atoms with Crippen LogP contribution in [0.15, 0.2) is 30.5 Å². The van der Waals surface area contributed by atoms with Crippen LogP contribution in [0.2, 0.25) is 0 Å². The molecular weight excluding hydrogens is 288 g/mol. The smallest absolute Gasteiger partial charge is 0.317 e. The molecule has 0 aliphatic carbocycles. The highest BCUT2D eigenvalue weighted by molar-refractivity contribution is 5.83. The van der Waals surface area contributed by atoms with Crippen LogP contribution in [0.25, 0.3) is 10.9 Å². The van der Waals surface area contributed by atoms with Crippen molar-refractivity contribution in [1.82, 2.24) is 20.1 Å². The molecule has 5 nitrogen and oxygen atoms in total. The zero-order chi connectivity index (χ0) is 16.8. The SMILES string of the molecule is CCN(C(=O)NCCc1c[nH]c2ccccc12)C(C)CN(C)C. The lowest BCUT2D eigenvalue weighted by atomic mass is 10.1. The van der Waals surface area contributed by atoms with E-state index in [1.165, 1.54) is 10.9 Å². The lowest BCUT2D eigenvalue weighted by Gasteiger charge is -2.30. The van der Waals surface area contributed by atoms with Crippen LogP contribution in [-0.2, 0) is 6.42 Å². The zero-order valence-corrected chi connectivity index (χ0v) is 14.6. The Balaban J connectivity index is 1.88. The standard InChI is InChI=1S/C18H28N4O/c1-5-22(14(2)13-21(3)4)18(23)19-11-10-15-12-20-17-9-7-6-8-16(15)17/h6-9,12,14,20H,5,10-11,13H2,1-4H3,(H,19,23). The van der Waals surface area contributed by atoms with Gasteiger partial charge in [0.1, 0.15) is 0 Å². The Morgan fingerprint density at radius 3 is 2.74 bits per heavy atom. The average Bonchev–Trinajstić information content (AvgIpc) is 2.91. The Labute approximate surface area is 138 Å². The van der Waals surface area contributed by atoms with Crippen molar-refractivity contribution in [3.63, 3.8) is 0 Å². The summed E-state index contributed by atoms with van der Waals surface area (Å²) in [6.45, 7) is 6.33. The second kappa shape index (κ2) is 8.02. The average molecular weight is 316 g/mol. The molecule has 5 heteroatoms. The van der Waals surface area contributed by atoms with Crippen molar-refractivity contribution in [2.24, 2.45) is 0 Å². The fourth-order valence-corrected chi connectivity index (χ4v) is 3.03. The Morgan fingerprint density at radius 2 is 2.04 bits per heavy atom. The largest absolute Gasteiger partial charge is 0.361 e. The predicted octanol–water partition coefficient (Wildman–Crippen LogP) is 2.69. The highest BCUT2D eigenvalue weighted by Gasteiger charge is 2.18. The van der Waals surface area contributed by atoms with Crippen molar-refractivity contribution in [2.75, 3.05) is 33.7 Å². The van der Waals surface area contributed by atoms with E-state index < -0.39 is 0 Å². The Kier molecular flexibility index (Phi) is 6.04. The summed E-state index contributed by atoms with van der Waals surface area (Å²) in [5.74, 6) is 0. The summed E-state index contributed by atoms with van der Waals surface area (Å²) in [7, 11) is 4.05. The first-order chi connectivity index (χ1) is 11.0. The summed E-state index contributed by atoms with van der Waals surface area (Å²) in [5, 5.41) is 4.28. The topological polar surface area (TPSA) is 51.4 Å². The minimum atomic E-state index is 0.0155. The molecule has 126 valence electrons. The van der Waals surface area contributed by atoms with Crippen LogP contribution in [0.5, 0.6) is 0 Å². The summed E-state index contributed by atoms with van der Waals surface area (Å²) in [4.78, 5) is 19.6. The van der Waals surface area contributed by atoms with Crippen LogP contribution < -0.4 is 5.32 Å². The number of fused-ring (bicyclic) bond motifs is 1. The summed E-state index contributed by atoms with van der Waals surface area (Å²) >= 11 is 0. The highest BCUT2D eigenvalue weighted by atomic mass is 16.2. The maximum absolute atomic E-state index is 12.4. The zero-order valence-electron chi connectivity index (χ0n) is 14.6. The van der Waals surface area contributed by atoms with E-state index in [4.69, 9.17) is 0 Å². The Morgan fingerprint density at radius 1 is 1.30 bits per heavy atom. The van der Waals surface area contributed by atoms with Crippen LogP contribution in [-0.4, -0.2) is 60.6 Å². The number of likely N-dealkylation sites (N-methyl/N-ethyl adjacent to an activating group) is 2.